The van der Waals surface area contributed by atoms with Crippen LogP contribution in [0.5, 0.6) is 11.5 Å². The number of rotatable bonds is 8. The lowest BCUT2D eigenvalue weighted by Crippen LogP contribution is -2.18. The molecule has 0 amide bonds. The van der Waals surface area contributed by atoms with Gasteiger partial charge in [0.25, 0.3) is 0 Å². The number of Topliss-reactive ketones (excluding diaryl/α,β-unsaturated/α-hetero) is 1. The number of methoxy groups -OCH3 is 2. The molecule has 0 unspecified atom stereocenters. The maximum atomic E-state index is 12.7. The zero-order valence-corrected chi connectivity index (χ0v) is 17.3. The summed E-state index contributed by atoms with van der Waals surface area (Å²) >= 11 is 0. The molecule has 156 valence electrons. The molecule has 29 heavy (non-hydrogen) atoms. The first-order valence-corrected chi connectivity index (χ1v) is 9.65. The first kappa shape index (κ1) is 20.9. The lowest BCUT2D eigenvalue weighted by Gasteiger charge is -2.15. The Morgan fingerprint density at radius 1 is 1.14 bits per heavy atom. The van der Waals surface area contributed by atoms with Gasteiger partial charge in [0.1, 0.15) is 17.1 Å². The highest BCUT2D eigenvalue weighted by Crippen LogP contribution is 2.25. The molecule has 0 saturated carbocycles. The molecule has 1 aliphatic rings. The summed E-state index contributed by atoms with van der Waals surface area (Å²) < 4.78 is 23.4. The highest BCUT2D eigenvalue weighted by atomic mass is 16.5. The Kier molecular flexibility index (Phi) is 6.59. The van der Waals surface area contributed by atoms with Gasteiger partial charge in [-0.25, -0.2) is 4.79 Å². The van der Waals surface area contributed by atoms with Gasteiger partial charge in [0.15, 0.2) is 6.61 Å². The van der Waals surface area contributed by atoms with Crippen LogP contribution in [0.25, 0.3) is 0 Å². The number of carbonyl (C=O) groups excluding carboxylic acids is 2. The van der Waals surface area contributed by atoms with Crippen molar-refractivity contribution in [3.05, 3.63) is 46.8 Å². The average molecular weight is 401 g/mol. The summed E-state index contributed by atoms with van der Waals surface area (Å²) in [4.78, 5) is 25.2. The Morgan fingerprint density at radius 3 is 2.59 bits per heavy atom. The summed E-state index contributed by atoms with van der Waals surface area (Å²) in [5.74, 6) is -0.0195. The van der Waals surface area contributed by atoms with E-state index in [0.717, 1.165) is 37.4 Å². The first-order chi connectivity index (χ1) is 13.9. The second-order valence-corrected chi connectivity index (χ2v) is 7.10. The van der Waals surface area contributed by atoms with E-state index in [-0.39, 0.29) is 24.1 Å². The van der Waals surface area contributed by atoms with E-state index in [1.165, 1.54) is 20.3 Å². The third-order valence-corrected chi connectivity index (χ3v) is 5.25. The molecule has 3 rings (SSSR count). The van der Waals surface area contributed by atoms with Crippen LogP contribution >= 0.6 is 0 Å². The summed E-state index contributed by atoms with van der Waals surface area (Å²) in [6.07, 6.45) is 2.28. The quantitative estimate of drug-likeness (QED) is 0.499. The van der Waals surface area contributed by atoms with Gasteiger partial charge in [0.2, 0.25) is 5.78 Å². The highest BCUT2D eigenvalue weighted by Gasteiger charge is 2.22. The van der Waals surface area contributed by atoms with Gasteiger partial charge in [-0.15, -0.1) is 0 Å². The standard InChI is InChI=1S/C22H27NO6/c1-14-10-18(15(2)23(14)12-17-6-5-9-28-17)20(24)13-29-22(25)19-11-16(26-3)7-8-21(19)27-4/h7-8,10-11,17H,5-6,9,12-13H2,1-4H3/t17-/m0/s1. The molecule has 2 aromatic rings. The van der Waals surface area contributed by atoms with Crippen molar-refractivity contribution in [3.8, 4) is 11.5 Å². The molecule has 0 N–H and O–H groups in total. The van der Waals surface area contributed by atoms with E-state index in [4.69, 9.17) is 18.9 Å². The third-order valence-electron chi connectivity index (χ3n) is 5.25. The molecule has 1 fully saturated rings. The molecule has 0 radical (unpaired) electrons. The molecule has 0 aliphatic carbocycles. The fourth-order valence-corrected chi connectivity index (χ4v) is 3.62. The Bertz CT molecular complexity index is 895. The lowest BCUT2D eigenvalue weighted by atomic mass is 10.1. The molecule has 1 aromatic heterocycles. The minimum atomic E-state index is -0.637. The minimum Gasteiger partial charge on any atom is -0.497 e. The van der Waals surface area contributed by atoms with Crippen molar-refractivity contribution in [2.45, 2.75) is 39.3 Å². The maximum absolute atomic E-state index is 12.7. The predicted octanol–water partition coefficient (Wildman–Crippen LogP) is 3.34. The summed E-state index contributed by atoms with van der Waals surface area (Å²) in [6, 6.07) is 6.67. The molecule has 1 atom stereocenters. The van der Waals surface area contributed by atoms with Gasteiger partial charge in [0, 0.05) is 30.1 Å². The Morgan fingerprint density at radius 2 is 1.93 bits per heavy atom. The third kappa shape index (κ3) is 4.62. The lowest BCUT2D eigenvalue weighted by molar-refractivity contribution is 0.0471. The fourth-order valence-electron chi connectivity index (χ4n) is 3.62. The van der Waals surface area contributed by atoms with Crippen LogP contribution in [0.1, 0.15) is 44.9 Å². The second kappa shape index (κ2) is 9.13. The molecule has 1 saturated heterocycles. The molecular weight excluding hydrogens is 374 g/mol. The molecule has 1 aromatic carbocycles. The SMILES string of the molecule is COc1ccc(OC)c(C(=O)OCC(=O)c2cc(C)n(C[C@@H]3CCCO3)c2C)c1. The Labute approximate surface area is 170 Å². The summed E-state index contributed by atoms with van der Waals surface area (Å²) in [5, 5.41) is 0. The monoisotopic (exact) mass is 401 g/mol. The first-order valence-electron chi connectivity index (χ1n) is 9.65. The van der Waals surface area contributed by atoms with Crippen molar-refractivity contribution in [3.63, 3.8) is 0 Å². The van der Waals surface area contributed by atoms with E-state index < -0.39 is 5.97 Å². The predicted molar refractivity (Wildman–Crippen MR) is 107 cm³/mol. The number of nitrogens with zero attached hydrogens (tertiary/aromatic N) is 1. The van der Waals surface area contributed by atoms with Crippen LogP contribution in [0.4, 0.5) is 0 Å². The number of hydrogen-bond acceptors (Lipinski definition) is 6. The van der Waals surface area contributed by atoms with Gasteiger partial charge in [-0.3, -0.25) is 4.79 Å². The van der Waals surface area contributed by atoms with Crippen LogP contribution in [0.15, 0.2) is 24.3 Å². The van der Waals surface area contributed by atoms with Crippen LogP contribution in [0.3, 0.4) is 0 Å². The zero-order chi connectivity index (χ0) is 21.0. The van der Waals surface area contributed by atoms with Crippen molar-refractivity contribution < 1.29 is 28.5 Å². The van der Waals surface area contributed by atoms with Crippen molar-refractivity contribution in [1.82, 2.24) is 4.57 Å². The fraction of sp³-hybridized carbons (Fsp3) is 0.455. The molecule has 2 heterocycles. The van der Waals surface area contributed by atoms with Crippen LogP contribution in [-0.2, 0) is 16.0 Å². The van der Waals surface area contributed by atoms with Gasteiger partial charge < -0.3 is 23.5 Å². The van der Waals surface area contributed by atoms with Crippen molar-refractivity contribution >= 4 is 11.8 Å². The molecule has 7 heteroatoms. The average Bonchev–Trinajstić information content (AvgIpc) is 3.35. The minimum absolute atomic E-state index is 0.182. The van der Waals surface area contributed by atoms with Crippen LogP contribution in [-0.4, -0.2) is 49.9 Å². The number of aryl methyl sites for hydroxylation is 1. The second-order valence-electron chi connectivity index (χ2n) is 7.10. The van der Waals surface area contributed by atoms with Gasteiger partial charge in [-0.05, 0) is 51.0 Å². The van der Waals surface area contributed by atoms with Gasteiger partial charge in [-0.1, -0.05) is 0 Å². The molecule has 7 nitrogen and oxygen atoms in total. The number of aromatic nitrogens is 1. The van der Waals surface area contributed by atoms with E-state index in [9.17, 15) is 9.59 Å². The normalized spacial score (nSPS) is 15.9. The smallest absolute Gasteiger partial charge is 0.342 e. The largest absolute Gasteiger partial charge is 0.497 e. The van der Waals surface area contributed by atoms with Gasteiger partial charge in [-0.2, -0.15) is 0 Å². The summed E-state index contributed by atoms with van der Waals surface area (Å²) in [6.45, 7) is 5.04. The summed E-state index contributed by atoms with van der Waals surface area (Å²) in [5.41, 5.74) is 2.62. The van der Waals surface area contributed by atoms with E-state index in [0.29, 0.717) is 17.1 Å². The molecule has 1 aliphatic heterocycles. The number of ketones is 1. The molecule has 0 bridgehead atoms. The van der Waals surface area contributed by atoms with Gasteiger partial charge in [0.05, 0.1) is 20.3 Å². The van der Waals surface area contributed by atoms with E-state index in [1.807, 2.05) is 19.9 Å². The van der Waals surface area contributed by atoms with Crippen molar-refractivity contribution in [2.75, 3.05) is 27.4 Å². The number of hydrogen-bond donors (Lipinski definition) is 0. The topological polar surface area (TPSA) is 76.0 Å². The van der Waals surface area contributed by atoms with Gasteiger partial charge >= 0.3 is 5.97 Å². The van der Waals surface area contributed by atoms with E-state index >= 15 is 0 Å². The number of benzene rings is 1. The highest BCUT2D eigenvalue weighted by molar-refractivity contribution is 6.01. The van der Waals surface area contributed by atoms with E-state index in [1.54, 1.807) is 12.1 Å². The van der Waals surface area contributed by atoms with Crippen molar-refractivity contribution in [1.29, 1.82) is 0 Å². The molecular formula is C22H27NO6. The summed E-state index contributed by atoms with van der Waals surface area (Å²) in [7, 11) is 2.97. The van der Waals surface area contributed by atoms with Crippen LogP contribution in [0.2, 0.25) is 0 Å². The number of ether oxygens (including phenoxy) is 4. The number of carbonyl (C=O) groups is 2. The maximum Gasteiger partial charge on any atom is 0.342 e. The number of esters is 1. The van der Waals surface area contributed by atoms with Crippen LogP contribution in [0, 0.1) is 13.8 Å². The van der Waals surface area contributed by atoms with Crippen LogP contribution < -0.4 is 9.47 Å². The Balaban J connectivity index is 1.69. The van der Waals surface area contributed by atoms with E-state index in [2.05, 4.69) is 4.57 Å². The Hall–Kier alpha value is -2.80. The zero-order valence-electron chi connectivity index (χ0n) is 17.3. The molecule has 0 spiro atoms. The van der Waals surface area contributed by atoms with Crippen molar-refractivity contribution in [2.24, 2.45) is 0 Å².